The molecule has 0 fully saturated rings. The highest BCUT2D eigenvalue weighted by Crippen LogP contribution is 2.03. The van der Waals surface area contributed by atoms with E-state index in [4.69, 9.17) is 5.73 Å². The minimum Gasteiger partial charge on any atom is -0.330 e. The van der Waals surface area contributed by atoms with Crippen molar-refractivity contribution in [1.82, 2.24) is 0 Å². The summed E-state index contributed by atoms with van der Waals surface area (Å²) in [5.74, 6) is 0.173. The summed E-state index contributed by atoms with van der Waals surface area (Å²) in [7, 11) is 0. The van der Waals surface area contributed by atoms with Gasteiger partial charge >= 0.3 is 0 Å². The van der Waals surface area contributed by atoms with E-state index in [0.717, 1.165) is 12.8 Å². The summed E-state index contributed by atoms with van der Waals surface area (Å²) < 4.78 is 0. The number of carbonyl (C=O) groups is 1. The van der Waals surface area contributed by atoms with Gasteiger partial charge in [-0.05, 0) is 31.0 Å². The first kappa shape index (κ1) is 11.7. The Morgan fingerprint density at radius 2 is 2.00 bits per heavy atom. The maximum Gasteiger partial charge on any atom is 0.155 e. The van der Waals surface area contributed by atoms with Crippen molar-refractivity contribution in [2.24, 2.45) is 5.73 Å². The van der Waals surface area contributed by atoms with E-state index in [-0.39, 0.29) is 5.78 Å². The molecule has 0 aliphatic heterocycles. The maximum atomic E-state index is 11.4. The molecule has 0 amide bonds. The van der Waals surface area contributed by atoms with Crippen molar-refractivity contribution in [2.45, 2.75) is 19.3 Å². The fourth-order valence-electron chi connectivity index (χ4n) is 1.31. The number of allylic oxidation sites excluding steroid dienone is 1. The Hall–Kier alpha value is -1.41. The van der Waals surface area contributed by atoms with Gasteiger partial charge in [0.2, 0.25) is 0 Å². The summed E-state index contributed by atoms with van der Waals surface area (Å²) in [6, 6.07) is 10.0. The minimum atomic E-state index is 0.173. The van der Waals surface area contributed by atoms with Crippen LogP contribution in [0.4, 0.5) is 0 Å². The Bertz CT molecular complexity index is 317. The van der Waals surface area contributed by atoms with Crippen LogP contribution >= 0.6 is 0 Å². The molecule has 80 valence electrons. The highest BCUT2D eigenvalue weighted by molar-refractivity contribution is 5.89. The molecule has 1 aromatic rings. The second-order valence-electron chi connectivity index (χ2n) is 3.43. The quantitative estimate of drug-likeness (QED) is 0.719. The molecule has 2 N–H and O–H groups in total. The highest BCUT2D eigenvalue weighted by Gasteiger charge is 1.97. The van der Waals surface area contributed by atoms with E-state index in [0.29, 0.717) is 13.0 Å². The second kappa shape index (κ2) is 6.96. The predicted octanol–water partition coefficient (Wildman–Crippen LogP) is 2.09. The highest BCUT2D eigenvalue weighted by atomic mass is 16.1. The lowest BCUT2D eigenvalue weighted by Gasteiger charge is -1.97. The fourth-order valence-corrected chi connectivity index (χ4v) is 1.31. The van der Waals surface area contributed by atoms with Crippen molar-refractivity contribution in [3.63, 3.8) is 0 Å². The largest absolute Gasteiger partial charge is 0.330 e. The summed E-state index contributed by atoms with van der Waals surface area (Å²) in [6.07, 6.45) is 5.64. The van der Waals surface area contributed by atoms with Crippen LogP contribution in [0.2, 0.25) is 0 Å². The number of rotatable bonds is 6. The average molecular weight is 203 g/mol. The Balaban J connectivity index is 2.28. The third-order valence-electron chi connectivity index (χ3n) is 2.14. The molecular formula is C13H17NO. The molecule has 1 rings (SSSR count). The Morgan fingerprint density at radius 1 is 1.27 bits per heavy atom. The summed E-state index contributed by atoms with van der Waals surface area (Å²) in [5, 5.41) is 0. The van der Waals surface area contributed by atoms with Gasteiger partial charge in [-0.15, -0.1) is 0 Å². The van der Waals surface area contributed by atoms with Crippen LogP contribution in [0.3, 0.4) is 0 Å². The first-order valence-corrected chi connectivity index (χ1v) is 5.26. The number of benzene rings is 1. The molecule has 0 unspecified atom stereocenters. The van der Waals surface area contributed by atoms with Gasteiger partial charge in [-0.1, -0.05) is 36.4 Å². The van der Waals surface area contributed by atoms with Gasteiger partial charge in [0, 0.05) is 6.42 Å². The van der Waals surface area contributed by atoms with Crippen molar-refractivity contribution in [3.8, 4) is 0 Å². The molecule has 2 heteroatoms. The molecule has 0 bridgehead atoms. The van der Waals surface area contributed by atoms with Gasteiger partial charge in [0.05, 0.1) is 0 Å². The zero-order chi connectivity index (χ0) is 10.9. The zero-order valence-electron chi connectivity index (χ0n) is 8.86. The van der Waals surface area contributed by atoms with Crippen LogP contribution in [0, 0.1) is 0 Å². The van der Waals surface area contributed by atoms with Crippen molar-refractivity contribution >= 4 is 5.78 Å². The lowest BCUT2D eigenvalue weighted by molar-refractivity contribution is -0.114. The summed E-state index contributed by atoms with van der Waals surface area (Å²) >= 11 is 0. The van der Waals surface area contributed by atoms with Crippen LogP contribution in [0.1, 0.15) is 18.4 Å². The Labute approximate surface area is 90.8 Å². The summed E-state index contributed by atoms with van der Waals surface area (Å²) in [5.41, 5.74) is 6.52. The molecular weight excluding hydrogens is 186 g/mol. The van der Waals surface area contributed by atoms with Gasteiger partial charge in [-0.2, -0.15) is 0 Å². The van der Waals surface area contributed by atoms with Gasteiger partial charge < -0.3 is 5.73 Å². The molecule has 2 nitrogen and oxygen atoms in total. The maximum absolute atomic E-state index is 11.4. The Kier molecular flexibility index (Phi) is 5.41. The second-order valence-corrected chi connectivity index (χ2v) is 3.43. The molecule has 0 saturated carbocycles. The predicted molar refractivity (Wildman–Crippen MR) is 62.6 cm³/mol. The van der Waals surface area contributed by atoms with E-state index in [2.05, 4.69) is 0 Å². The van der Waals surface area contributed by atoms with Crippen molar-refractivity contribution in [1.29, 1.82) is 0 Å². The smallest absolute Gasteiger partial charge is 0.155 e. The third-order valence-corrected chi connectivity index (χ3v) is 2.14. The molecule has 0 aliphatic rings. The van der Waals surface area contributed by atoms with Crippen molar-refractivity contribution in [2.75, 3.05) is 6.54 Å². The number of ketones is 1. The van der Waals surface area contributed by atoms with E-state index in [1.54, 1.807) is 6.08 Å². The van der Waals surface area contributed by atoms with Crippen molar-refractivity contribution in [3.05, 3.63) is 48.0 Å². The summed E-state index contributed by atoms with van der Waals surface area (Å²) in [4.78, 5) is 11.4. The van der Waals surface area contributed by atoms with E-state index < -0.39 is 0 Å². The SMILES string of the molecule is NCCC=CC(=O)CCc1ccccc1. The number of hydrogen-bond donors (Lipinski definition) is 1. The first-order valence-electron chi connectivity index (χ1n) is 5.26. The van der Waals surface area contributed by atoms with Gasteiger partial charge in [0.1, 0.15) is 0 Å². The monoisotopic (exact) mass is 203 g/mol. The van der Waals surface area contributed by atoms with Crippen LogP contribution in [0.5, 0.6) is 0 Å². The van der Waals surface area contributed by atoms with Gasteiger partial charge in [0.25, 0.3) is 0 Å². The number of aryl methyl sites for hydroxylation is 1. The molecule has 0 heterocycles. The van der Waals surface area contributed by atoms with Gasteiger partial charge in [-0.3, -0.25) is 4.79 Å². The minimum absolute atomic E-state index is 0.173. The number of hydrogen-bond acceptors (Lipinski definition) is 2. The van der Waals surface area contributed by atoms with Crippen molar-refractivity contribution < 1.29 is 4.79 Å². The zero-order valence-corrected chi connectivity index (χ0v) is 8.86. The topological polar surface area (TPSA) is 43.1 Å². The lowest BCUT2D eigenvalue weighted by Crippen LogP contribution is -1.98. The molecule has 0 radical (unpaired) electrons. The standard InChI is InChI=1S/C13H17NO/c14-11-5-4-8-13(15)10-9-12-6-2-1-3-7-12/h1-4,6-8H,5,9-11,14H2. The Morgan fingerprint density at radius 3 is 2.67 bits per heavy atom. The number of carbonyl (C=O) groups excluding carboxylic acids is 1. The summed E-state index contributed by atoms with van der Waals surface area (Å²) in [6.45, 7) is 0.600. The molecule has 0 aromatic heterocycles. The molecule has 0 saturated heterocycles. The van der Waals surface area contributed by atoms with Crippen LogP contribution in [-0.4, -0.2) is 12.3 Å². The normalized spacial score (nSPS) is 10.7. The molecule has 0 atom stereocenters. The average Bonchev–Trinajstić information content (AvgIpc) is 2.28. The van der Waals surface area contributed by atoms with Crippen LogP contribution in [0.25, 0.3) is 0 Å². The van der Waals surface area contributed by atoms with E-state index in [1.807, 2.05) is 36.4 Å². The van der Waals surface area contributed by atoms with Crippen LogP contribution in [-0.2, 0) is 11.2 Å². The lowest BCUT2D eigenvalue weighted by atomic mass is 10.1. The third kappa shape index (κ3) is 5.13. The van der Waals surface area contributed by atoms with E-state index in [9.17, 15) is 4.79 Å². The van der Waals surface area contributed by atoms with Crippen LogP contribution in [0.15, 0.2) is 42.5 Å². The molecule has 1 aromatic carbocycles. The molecule has 0 aliphatic carbocycles. The van der Waals surface area contributed by atoms with Crippen LogP contribution < -0.4 is 5.73 Å². The van der Waals surface area contributed by atoms with E-state index in [1.165, 1.54) is 5.56 Å². The fraction of sp³-hybridized carbons (Fsp3) is 0.308. The molecule has 15 heavy (non-hydrogen) atoms. The van der Waals surface area contributed by atoms with Gasteiger partial charge in [-0.25, -0.2) is 0 Å². The van der Waals surface area contributed by atoms with E-state index >= 15 is 0 Å². The molecule has 0 spiro atoms. The van der Waals surface area contributed by atoms with Gasteiger partial charge in [0.15, 0.2) is 5.78 Å². The number of nitrogens with two attached hydrogens (primary N) is 1. The first-order chi connectivity index (χ1) is 7.33.